The summed E-state index contributed by atoms with van der Waals surface area (Å²) in [7, 11) is -1.69. The fourth-order valence-corrected chi connectivity index (χ4v) is 1.43. The zero-order valence-electron chi connectivity index (χ0n) is 8.64. The Morgan fingerprint density at radius 2 is 1.82 bits per heavy atom. The van der Waals surface area contributed by atoms with Crippen molar-refractivity contribution in [2.75, 3.05) is 0 Å². The van der Waals surface area contributed by atoms with Gasteiger partial charge in [-0.25, -0.2) is 8.78 Å². The second-order valence-electron chi connectivity index (χ2n) is 3.47. The molecule has 0 saturated heterocycles. The molecule has 2 aromatic rings. The van der Waals surface area contributed by atoms with Crippen LogP contribution in [0.3, 0.4) is 0 Å². The Bertz CT molecular complexity index is 531. The Labute approximate surface area is 96.5 Å². The van der Waals surface area contributed by atoms with Gasteiger partial charge >= 0.3 is 7.12 Å². The number of aromatic nitrogens is 1. The van der Waals surface area contributed by atoms with Gasteiger partial charge in [0.1, 0.15) is 11.6 Å². The summed E-state index contributed by atoms with van der Waals surface area (Å²) in [6.45, 7) is 0. The molecule has 0 aliphatic carbocycles. The maximum Gasteiger partial charge on any atom is 0.488 e. The standard InChI is InChI=1S/C11H8BF2NO2/c13-8-2-4-11(15-6-8)9-5-7(12(16)17)1-3-10(9)14/h1-6,16-17H. The van der Waals surface area contributed by atoms with Crippen molar-refractivity contribution in [1.29, 1.82) is 0 Å². The second-order valence-corrected chi connectivity index (χ2v) is 3.47. The van der Waals surface area contributed by atoms with E-state index in [2.05, 4.69) is 4.98 Å². The molecule has 2 rings (SSSR count). The van der Waals surface area contributed by atoms with Crippen LogP contribution in [0.25, 0.3) is 11.3 Å². The topological polar surface area (TPSA) is 53.4 Å². The van der Waals surface area contributed by atoms with E-state index in [-0.39, 0.29) is 16.7 Å². The Hall–Kier alpha value is -1.79. The smallest absolute Gasteiger partial charge is 0.423 e. The first-order chi connectivity index (χ1) is 8.08. The first-order valence-corrected chi connectivity index (χ1v) is 4.85. The summed E-state index contributed by atoms with van der Waals surface area (Å²) in [6.07, 6.45) is 0.969. The molecule has 17 heavy (non-hydrogen) atoms. The van der Waals surface area contributed by atoms with E-state index >= 15 is 0 Å². The van der Waals surface area contributed by atoms with Gasteiger partial charge in [0.2, 0.25) is 0 Å². The number of halogens is 2. The zero-order chi connectivity index (χ0) is 12.4. The van der Waals surface area contributed by atoms with E-state index in [9.17, 15) is 8.78 Å². The predicted octanol–water partition coefficient (Wildman–Crippen LogP) is 0.707. The number of hydrogen-bond donors (Lipinski definition) is 2. The van der Waals surface area contributed by atoms with Crippen LogP contribution in [-0.4, -0.2) is 22.2 Å². The van der Waals surface area contributed by atoms with Gasteiger partial charge in [-0.1, -0.05) is 12.1 Å². The van der Waals surface area contributed by atoms with Gasteiger partial charge in [-0.15, -0.1) is 0 Å². The van der Waals surface area contributed by atoms with Gasteiger partial charge in [-0.3, -0.25) is 4.98 Å². The summed E-state index contributed by atoms with van der Waals surface area (Å²) in [4.78, 5) is 3.73. The largest absolute Gasteiger partial charge is 0.488 e. The van der Waals surface area contributed by atoms with Crippen LogP contribution in [0.4, 0.5) is 8.78 Å². The van der Waals surface area contributed by atoms with E-state index in [0.717, 1.165) is 18.3 Å². The monoisotopic (exact) mass is 235 g/mol. The minimum Gasteiger partial charge on any atom is -0.423 e. The van der Waals surface area contributed by atoms with Gasteiger partial charge in [0.25, 0.3) is 0 Å². The molecule has 0 saturated carbocycles. The number of benzene rings is 1. The van der Waals surface area contributed by atoms with Gasteiger partial charge in [-0.05, 0) is 23.7 Å². The SMILES string of the molecule is OB(O)c1ccc(F)c(-c2ccc(F)cn2)c1. The van der Waals surface area contributed by atoms with E-state index in [0.29, 0.717) is 0 Å². The van der Waals surface area contributed by atoms with Crippen LogP contribution in [0.1, 0.15) is 0 Å². The van der Waals surface area contributed by atoms with Crippen molar-refractivity contribution >= 4 is 12.6 Å². The van der Waals surface area contributed by atoms with Crippen molar-refractivity contribution in [2.24, 2.45) is 0 Å². The molecule has 0 fully saturated rings. The minimum atomic E-state index is -1.69. The highest BCUT2D eigenvalue weighted by atomic mass is 19.1. The predicted molar refractivity (Wildman–Crippen MR) is 59.4 cm³/mol. The van der Waals surface area contributed by atoms with Crippen LogP contribution in [0.2, 0.25) is 0 Å². The van der Waals surface area contributed by atoms with Crippen LogP contribution >= 0.6 is 0 Å². The normalized spacial score (nSPS) is 10.4. The molecule has 0 bridgehead atoms. The lowest BCUT2D eigenvalue weighted by Gasteiger charge is -2.05. The quantitative estimate of drug-likeness (QED) is 0.753. The Balaban J connectivity index is 2.50. The Morgan fingerprint density at radius 1 is 1.06 bits per heavy atom. The molecule has 2 N–H and O–H groups in total. The third kappa shape index (κ3) is 2.48. The molecule has 86 valence electrons. The molecule has 0 radical (unpaired) electrons. The molecule has 3 nitrogen and oxygen atoms in total. The van der Waals surface area contributed by atoms with E-state index < -0.39 is 18.8 Å². The van der Waals surface area contributed by atoms with E-state index in [1.165, 1.54) is 18.2 Å². The van der Waals surface area contributed by atoms with Crippen LogP contribution in [0, 0.1) is 11.6 Å². The second kappa shape index (κ2) is 4.61. The Morgan fingerprint density at radius 3 is 2.41 bits per heavy atom. The van der Waals surface area contributed by atoms with Crippen molar-refractivity contribution < 1.29 is 18.8 Å². The first kappa shape index (κ1) is 11.7. The highest BCUT2D eigenvalue weighted by molar-refractivity contribution is 6.58. The van der Waals surface area contributed by atoms with Crippen molar-refractivity contribution in [1.82, 2.24) is 4.98 Å². The molecule has 0 aliphatic rings. The van der Waals surface area contributed by atoms with Crippen molar-refractivity contribution in [3.63, 3.8) is 0 Å². The Kier molecular flexibility index (Phi) is 3.17. The third-order valence-corrected chi connectivity index (χ3v) is 2.29. The maximum atomic E-state index is 13.5. The number of nitrogens with zero attached hydrogens (tertiary/aromatic N) is 1. The zero-order valence-corrected chi connectivity index (χ0v) is 8.64. The van der Waals surface area contributed by atoms with E-state index in [1.807, 2.05) is 0 Å². The fraction of sp³-hybridized carbons (Fsp3) is 0. The van der Waals surface area contributed by atoms with E-state index in [4.69, 9.17) is 10.0 Å². The van der Waals surface area contributed by atoms with Crippen LogP contribution in [0.5, 0.6) is 0 Å². The number of rotatable bonds is 2. The number of hydrogen-bond acceptors (Lipinski definition) is 3. The van der Waals surface area contributed by atoms with Gasteiger partial charge in [0, 0.05) is 5.56 Å². The van der Waals surface area contributed by atoms with Crippen molar-refractivity contribution in [2.45, 2.75) is 0 Å². The van der Waals surface area contributed by atoms with Crippen LogP contribution in [-0.2, 0) is 0 Å². The summed E-state index contributed by atoms with van der Waals surface area (Å²) < 4.78 is 26.2. The molecular weight excluding hydrogens is 227 g/mol. The molecule has 0 spiro atoms. The maximum absolute atomic E-state index is 13.5. The summed E-state index contributed by atoms with van der Waals surface area (Å²) in [6, 6.07) is 6.10. The highest BCUT2D eigenvalue weighted by Gasteiger charge is 2.15. The molecule has 0 aliphatic heterocycles. The van der Waals surface area contributed by atoms with Crippen LogP contribution in [0.15, 0.2) is 36.5 Å². The summed E-state index contributed by atoms with van der Waals surface area (Å²) in [5.41, 5.74) is 0.467. The average Bonchev–Trinajstić information content (AvgIpc) is 2.31. The van der Waals surface area contributed by atoms with Gasteiger partial charge < -0.3 is 10.0 Å². The molecular formula is C11H8BF2NO2. The average molecular weight is 235 g/mol. The third-order valence-electron chi connectivity index (χ3n) is 2.29. The minimum absolute atomic E-state index is 0.0931. The van der Waals surface area contributed by atoms with Gasteiger partial charge in [0.15, 0.2) is 0 Å². The summed E-state index contributed by atoms with van der Waals surface area (Å²) >= 11 is 0. The molecule has 0 atom stereocenters. The van der Waals surface area contributed by atoms with E-state index in [1.54, 1.807) is 0 Å². The fourth-order valence-electron chi connectivity index (χ4n) is 1.43. The molecule has 1 heterocycles. The lowest BCUT2D eigenvalue weighted by Crippen LogP contribution is -2.29. The molecule has 0 amide bonds. The molecule has 0 unspecified atom stereocenters. The molecule has 1 aromatic heterocycles. The van der Waals surface area contributed by atoms with Gasteiger partial charge in [0.05, 0.1) is 11.9 Å². The lowest BCUT2D eigenvalue weighted by atomic mass is 9.79. The van der Waals surface area contributed by atoms with Crippen LogP contribution < -0.4 is 5.46 Å². The lowest BCUT2D eigenvalue weighted by molar-refractivity contribution is 0.425. The summed E-state index contributed by atoms with van der Waals surface area (Å²) in [5, 5.41) is 18.0. The highest BCUT2D eigenvalue weighted by Crippen LogP contribution is 2.19. The molecule has 6 heteroatoms. The molecule has 1 aromatic carbocycles. The summed E-state index contributed by atoms with van der Waals surface area (Å²) in [5.74, 6) is -1.08. The van der Waals surface area contributed by atoms with Crippen molar-refractivity contribution in [3.05, 3.63) is 48.2 Å². The number of pyridine rings is 1. The van der Waals surface area contributed by atoms with Gasteiger partial charge in [-0.2, -0.15) is 0 Å². The van der Waals surface area contributed by atoms with Crippen molar-refractivity contribution in [3.8, 4) is 11.3 Å². The first-order valence-electron chi connectivity index (χ1n) is 4.85.